The Morgan fingerprint density at radius 1 is 0.639 bits per heavy atom. The molecule has 2 aromatic carbocycles. The maximum absolute atomic E-state index is 11.2. The van der Waals surface area contributed by atoms with Crippen molar-refractivity contribution in [1.29, 1.82) is 0 Å². The standard InChI is InChI=1S/C24H30N4O8/c29-23(30)17-25(15-19-5-9-21(10-6-19)27(33)34)13-3-1-2-4-14-26(18-24(31)32)16-20-7-11-22(12-8-20)28(35)36/h5-12H,1-4,13-18H2,(H,29,30)(H,31,32). The molecule has 2 aromatic rings. The zero-order valence-electron chi connectivity index (χ0n) is 19.8. The number of nitro groups is 2. The van der Waals surface area contributed by atoms with Crippen molar-refractivity contribution >= 4 is 23.3 Å². The molecule has 2 N–H and O–H groups in total. The SMILES string of the molecule is O=C(O)CN(CCCCCCN(CC(=O)O)Cc1ccc([N+](=O)[O-])cc1)Cc1ccc([N+](=O)[O-])cc1. The molecule has 0 saturated carbocycles. The Labute approximate surface area is 208 Å². The molecule has 0 bridgehead atoms. The summed E-state index contributed by atoms with van der Waals surface area (Å²) in [5, 5.41) is 40.0. The van der Waals surface area contributed by atoms with Crippen molar-refractivity contribution in [3.05, 3.63) is 79.9 Å². The molecule has 0 aromatic heterocycles. The largest absolute Gasteiger partial charge is 0.480 e. The van der Waals surface area contributed by atoms with E-state index in [9.17, 15) is 40.0 Å². The monoisotopic (exact) mass is 502 g/mol. The molecule has 12 heteroatoms. The number of aliphatic carboxylic acids is 2. The second-order valence-electron chi connectivity index (χ2n) is 8.47. The van der Waals surface area contributed by atoms with E-state index < -0.39 is 21.8 Å². The van der Waals surface area contributed by atoms with Gasteiger partial charge in [-0.2, -0.15) is 0 Å². The number of carboxylic acid groups (broad SMARTS) is 2. The highest BCUT2D eigenvalue weighted by Crippen LogP contribution is 2.16. The first kappa shape index (κ1) is 28.3. The Kier molecular flexibility index (Phi) is 11.4. The quantitative estimate of drug-likeness (QED) is 0.185. The highest BCUT2D eigenvalue weighted by atomic mass is 16.6. The maximum Gasteiger partial charge on any atom is 0.317 e. The van der Waals surface area contributed by atoms with Gasteiger partial charge in [-0.3, -0.25) is 39.6 Å². The van der Waals surface area contributed by atoms with Gasteiger partial charge in [-0.1, -0.05) is 37.1 Å². The molecule has 0 saturated heterocycles. The Bertz CT molecular complexity index is 944. The Morgan fingerprint density at radius 2 is 0.972 bits per heavy atom. The zero-order chi connectivity index (χ0) is 26.5. The predicted octanol–water partition coefficient (Wildman–Crippen LogP) is 3.54. The number of hydrogen-bond acceptors (Lipinski definition) is 8. The van der Waals surface area contributed by atoms with Crippen LogP contribution in [0, 0.1) is 20.2 Å². The van der Waals surface area contributed by atoms with Gasteiger partial charge in [0.05, 0.1) is 22.9 Å². The molecule has 0 atom stereocenters. The molecule has 194 valence electrons. The third-order valence-electron chi connectivity index (χ3n) is 5.52. The summed E-state index contributed by atoms with van der Waals surface area (Å²) in [6.45, 7) is 1.55. The van der Waals surface area contributed by atoms with Crippen molar-refractivity contribution < 1.29 is 29.6 Å². The molecule has 0 heterocycles. The van der Waals surface area contributed by atoms with E-state index in [0.29, 0.717) is 26.2 Å². The average molecular weight is 503 g/mol. The van der Waals surface area contributed by atoms with Gasteiger partial charge in [0.15, 0.2) is 0 Å². The fraction of sp³-hybridized carbons (Fsp3) is 0.417. The lowest BCUT2D eigenvalue weighted by molar-refractivity contribution is -0.385. The van der Waals surface area contributed by atoms with Crippen molar-refractivity contribution in [1.82, 2.24) is 9.80 Å². The summed E-state index contributed by atoms with van der Waals surface area (Å²) in [6, 6.07) is 12.1. The number of carboxylic acids is 2. The second kappa shape index (κ2) is 14.5. The molecule has 0 fully saturated rings. The molecule has 0 aliphatic heterocycles. The number of carbonyl (C=O) groups is 2. The molecule has 0 aliphatic rings. The highest BCUT2D eigenvalue weighted by molar-refractivity contribution is 5.69. The summed E-state index contributed by atoms with van der Waals surface area (Å²) in [7, 11) is 0. The number of nitrogens with zero attached hydrogens (tertiary/aromatic N) is 4. The zero-order valence-corrected chi connectivity index (χ0v) is 19.8. The normalized spacial score (nSPS) is 11.1. The lowest BCUT2D eigenvalue weighted by atomic mass is 10.1. The molecule has 2 rings (SSSR count). The van der Waals surface area contributed by atoms with Crippen LogP contribution in [-0.4, -0.2) is 68.0 Å². The van der Waals surface area contributed by atoms with Gasteiger partial charge in [0.2, 0.25) is 0 Å². The summed E-state index contributed by atoms with van der Waals surface area (Å²) in [6.07, 6.45) is 3.16. The fourth-order valence-electron chi connectivity index (χ4n) is 3.80. The minimum absolute atomic E-state index is 0.0194. The number of non-ortho nitro benzene ring substituents is 2. The summed E-state index contributed by atoms with van der Waals surface area (Å²) < 4.78 is 0. The van der Waals surface area contributed by atoms with Gasteiger partial charge in [0.25, 0.3) is 11.4 Å². The van der Waals surface area contributed by atoms with Crippen LogP contribution in [0.5, 0.6) is 0 Å². The van der Waals surface area contributed by atoms with Gasteiger partial charge in [0, 0.05) is 37.4 Å². The smallest absolute Gasteiger partial charge is 0.317 e. The van der Waals surface area contributed by atoms with E-state index in [1.165, 1.54) is 24.3 Å². The van der Waals surface area contributed by atoms with Gasteiger partial charge < -0.3 is 10.2 Å². The highest BCUT2D eigenvalue weighted by Gasteiger charge is 2.13. The van der Waals surface area contributed by atoms with Crippen molar-refractivity contribution in [3.8, 4) is 0 Å². The van der Waals surface area contributed by atoms with Crippen LogP contribution in [0.3, 0.4) is 0 Å². The van der Waals surface area contributed by atoms with E-state index in [1.54, 1.807) is 34.1 Å². The van der Waals surface area contributed by atoms with E-state index in [2.05, 4.69) is 0 Å². The molecule has 0 unspecified atom stereocenters. The van der Waals surface area contributed by atoms with E-state index in [0.717, 1.165) is 36.8 Å². The predicted molar refractivity (Wildman–Crippen MR) is 130 cm³/mol. The van der Waals surface area contributed by atoms with Crippen LogP contribution in [-0.2, 0) is 22.7 Å². The Balaban J connectivity index is 1.78. The molecule has 36 heavy (non-hydrogen) atoms. The summed E-state index contributed by atoms with van der Waals surface area (Å²) in [5.41, 5.74) is 1.54. The number of hydrogen-bond donors (Lipinski definition) is 2. The fourth-order valence-corrected chi connectivity index (χ4v) is 3.80. The number of rotatable bonds is 17. The molecule has 0 spiro atoms. The average Bonchev–Trinajstić information content (AvgIpc) is 2.81. The van der Waals surface area contributed by atoms with Gasteiger partial charge >= 0.3 is 11.9 Å². The van der Waals surface area contributed by atoms with E-state index in [1.807, 2.05) is 0 Å². The number of nitro benzene ring substituents is 2. The van der Waals surface area contributed by atoms with Crippen molar-refractivity contribution in [2.24, 2.45) is 0 Å². The van der Waals surface area contributed by atoms with Crippen molar-refractivity contribution in [3.63, 3.8) is 0 Å². The van der Waals surface area contributed by atoms with Crippen LogP contribution in [0.4, 0.5) is 11.4 Å². The lowest BCUT2D eigenvalue weighted by Crippen LogP contribution is -2.31. The number of unbranched alkanes of at least 4 members (excludes halogenated alkanes) is 3. The van der Waals surface area contributed by atoms with Crippen LogP contribution in [0.1, 0.15) is 36.8 Å². The molecular weight excluding hydrogens is 472 g/mol. The third-order valence-corrected chi connectivity index (χ3v) is 5.52. The first-order valence-corrected chi connectivity index (χ1v) is 11.5. The third kappa shape index (κ3) is 10.6. The maximum atomic E-state index is 11.2. The van der Waals surface area contributed by atoms with Crippen LogP contribution in [0.2, 0.25) is 0 Å². The van der Waals surface area contributed by atoms with E-state index in [-0.39, 0.29) is 24.5 Å². The molecule has 0 amide bonds. The minimum atomic E-state index is -0.951. The first-order chi connectivity index (χ1) is 17.1. The van der Waals surface area contributed by atoms with Crippen LogP contribution >= 0.6 is 0 Å². The lowest BCUT2D eigenvalue weighted by Gasteiger charge is -2.21. The molecule has 0 aliphatic carbocycles. The van der Waals surface area contributed by atoms with Gasteiger partial charge in [0.1, 0.15) is 0 Å². The van der Waals surface area contributed by atoms with Crippen LogP contribution in [0.25, 0.3) is 0 Å². The molecule has 0 radical (unpaired) electrons. The number of benzene rings is 2. The first-order valence-electron chi connectivity index (χ1n) is 11.5. The van der Waals surface area contributed by atoms with Crippen molar-refractivity contribution in [2.45, 2.75) is 38.8 Å². The summed E-state index contributed by atoms with van der Waals surface area (Å²) in [4.78, 5) is 46.6. The van der Waals surface area contributed by atoms with Crippen molar-refractivity contribution in [2.75, 3.05) is 26.2 Å². The Hall–Kier alpha value is -3.90. The topological polar surface area (TPSA) is 167 Å². The summed E-state index contributed by atoms with van der Waals surface area (Å²) >= 11 is 0. The minimum Gasteiger partial charge on any atom is -0.480 e. The van der Waals surface area contributed by atoms with E-state index in [4.69, 9.17) is 0 Å². The van der Waals surface area contributed by atoms with Gasteiger partial charge in [-0.05, 0) is 37.1 Å². The summed E-state index contributed by atoms with van der Waals surface area (Å²) in [5.74, 6) is -1.90. The second-order valence-corrected chi connectivity index (χ2v) is 8.47. The Morgan fingerprint density at radius 3 is 1.25 bits per heavy atom. The molecule has 12 nitrogen and oxygen atoms in total. The van der Waals surface area contributed by atoms with Crippen LogP contribution in [0.15, 0.2) is 48.5 Å². The van der Waals surface area contributed by atoms with E-state index >= 15 is 0 Å². The van der Waals surface area contributed by atoms with Gasteiger partial charge in [-0.15, -0.1) is 0 Å². The van der Waals surface area contributed by atoms with Gasteiger partial charge in [-0.25, -0.2) is 0 Å². The van der Waals surface area contributed by atoms with Crippen LogP contribution < -0.4 is 0 Å². The molecular formula is C24H30N4O8.